The fourth-order valence-electron chi connectivity index (χ4n) is 3.52. The van der Waals surface area contributed by atoms with Gasteiger partial charge in [-0.3, -0.25) is 0 Å². The molecule has 1 atom stereocenters. The molecule has 1 heterocycles. The van der Waals surface area contributed by atoms with Crippen molar-refractivity contribution in [1.82, 2.24) is 0 Å². The van der Waals surface area contributed by atoms with Crippen LogP contribution in [0.5, 0.6) is 17.2 Å². The zero-order valence-corrected chi connectivity index (χ0v) is 17.2. The van der Waals surface area contributed by atoms with Crippen LogP contribution in [0, 0.1) is 17.1 Å². The molecule has 1 aliphatic heterocycles. The average molecular weight is 430 g/mol. The minimum Gasteiger partial charge on any atom is -0.494 e. The summed E-state index contributed by atoms with van der Waals surface area (Å²) >= 11 is 0. The molecule has 3 aromatic carbocycles. The van der Waals surface area contributed by atoms with E-state index in [-0.39, 0.29) is 23.0 Å². The maximum absolute atomic E-state index is 13.4. The van der Waals surface area contributed by atoms with E-state index >= 15 is 0 Å². The second kappa shape index (κ2) is 8.82. The quantitative estimate of drug-likeness (QED) is 0.467. The van der Waals surface area contributed by atoms with Gasteiger partial charge in [-0.2, -0.15) is 5.26 Å². The van der Waals surface area contributed by atoms with Crippen molar-refractivity contribution < 1.29 is 23.4 Å². The van der Waals surface area contributed by atoms with E-state index < -0.39 is 11.9 Å². The van der Waals surface area contributed by atoms with Crippen molar-refractivity contribution >= 4 is 5.97 Å². The topological polar surface area (TPSA) is 94.6 Å². The number of allylic oxidation sites excluding steroid dienone is 1. The minimum atomic E-state index is -0.542. The van der Waals surface area contributed by atoms with Crippen LogP contribution in [0.15, 0.2) is 78.2 Å². The SMILES string of the molecule is CCOc1ccc(C(=O)Oc2ccc3c(c2)OC(N)=C(C#N)C3c2ccc(F)cc2)cc1. The van der Waals surface area contributed by atoms with Crippen LogP contribution >= 0.6 is 0 Å². The van der Waals surface area contributed by atoms with Crippen LogP contribution in [0.2, 0.25) is 0 Å². The summed E-state index contributed by atoms with van der Waals surface area (Å²) in [4.78, 5) is 12.5. The van der Waals surface area contributed by atoms with Crippen molar-refractivity contribution in [3.63, 3.8) is 0 Å². The van der Waals surface area contributed by atoms with Gasteiger partial charge in [0.25, 0.3) is 0 Å². The molecule has 4 rings (SSSR count). The molecule has 0 fully saturated rings. The second-order valence-corrected chi connectivity index (χ2v) is 7.02. The van der Waals surface area contributed by atoms with Gasteiger partial charge in [0, 0.05) is 11.6 Å². The van der Waals surface area contributed by atoms with Crippen LogP contribution < -0.4 is 19.9 Å². The van der Waals surface area contributed by atoms with E-state index in [0.29, 0.717) is 34.8 Å². The highest BCUT2D eigenvalue weighted by molar-refractivity contribution is 5.91. The molecule has 0 spiro atoms. The Hall–Kier alpha value is -4.31. The van der Waals surface area contributed by atoms with Crippen LogP contribution in [0.1, 0.15) is 34.3 Å². The molecule has 0 aromatic heterocycles. The van der Waals surface area contributed by atoms with E-state index in [1.807, 2.05) is 6.92 Å². The monoisotopic (exact) mass is 430 g/mol. The lowest BCUT2D eigenvalue weighted by Gasteiger charge is -2.26. The third-order valence-corrected chi connectivity index (χ3v) is 5.01. The lowest BCUT2D eigenvalue weighted by Crippen LogP contribution is -2.21. The Labute approximate surface area is 184 Å². The standard InChI is InChI=1S/C25H19FN2O4/c1-2-30-18-9-5-16(6-10-18)25(29)31-19-11-12-20-22(13-19)32-24(28)21(14-27)23(20)15-3-7-17(26)8-4-15/h3-13,23H,2,28H2,1H3. The molecular weight excluding hydrogens is 411 g/mol. The Morgan fingerprint density at radius 2 is 1.78 bits per heavy atom. The number of ether oxygens (including phenoxy) is 3. The first-order valence-electron chi connectivity index (χ1n) is 9.92. The third-order valence-electron chi connectivity index (χ3n) is 5.01. The highest BCUT2D eigenvalue weighted by Crippen LogP contribution is 2.43. The number of hydrogen-bond acceptors (Lipinski definition) is 6. The zero-order chi connectivity index (χ0) is 22.7. The van der Waals surface area contributed by atoms with Gasteiger partial charge >= 0.3 is 5.97 Å². The van der Waals surface area contributed by atoms with Crippen molar-refractivity contribution in [2.75, 3.05) is 6.61 Å². The number of rotatable bonds is 5. The van der Waals surface area contributed by atoms with Gasteiger partial charge in [-0.25, -0.2) is 9.18 Å². The van der Waals surface area contributed by atoms with E-state index in [1.54, 1.807) is 54.6 Å². The number of hydrogen-bond donors (Lipinski definition) is 1. The maximum atomic E-state index is 13.4. The van der Waals surface area contributed by atoms with Crippen LogP contribution in [-0.4, -0.2) is 12.6 Å². The number of benzene rings is 3. The summed E-state index contributed by atoms with van der Waals surface area (Å²) in [6, 6.07) is 19.4. The normalized spacial score (nSPS) is 14.7. The maximum Gasteiger partial charge on any atom is 0.343 e. The summed E-state index contributed by atoms with van der Waals surface area (Å²) in [6.07, 6.45) is 0. The van der Waals surface area contributed by atoms with E-state index in [0.717, 1.165) is 0 Å². The second-order valence-electron chi connectivity index (χ2n) is 7.02. The zero-order valence-electron chi connectivity index (χ0n) is 17.2. The molecule has 1 aliphatic rings. The largest absolute Gasteiger partial charge is 0.494 e. The molecule has 0 saturated heterocycles. The summed E-state index contributed by atoms with van der Waals surface area (Å²) in [5.74, 6) is -0.229. The Kier molecular flexibility index (Phi) is 5.77. The Bertz CT molecular complexity index is 1230. The predicted octanol–water partition coefficient (Wildman–Crippen LogP) is 4.66. The van der Waals surface area contributed by atoms with E-state index in [2.05, 4.69) is 6.07 Å². The fraction of sp³-hybridized carbons (Fsp3) is 0.120. The molecule has 3 aromatic rings. The van der Waals surface area contributed by atoms with Crippen LogP contribution in [0.4, 0.5) is 4.39 Å². The van der Waals surface area contributed by atoms with Gasteiger partial charge in [0.15, 0.2) is 0 Å². The highest BCUT2D eigenvalue weighted by Gasteiger charge is 2.31. The number of esters is 1. The van der Waals surface area contributed by atoms with Gasteiger partial charge in [0.1, 0.15) is 34.7 Å². The van der Waals surface area contributed by atoms with E-state index in [9.17, 15) is 14.4 Å². The number of nitriles is 1. The molecule has 0 aliphatic carbocycles. The van der Waals surface area contributed by atoms with Crippen molar-refractivity contribution in [2.24, 2.45) is 5.73 Å². The molecule has 7 heteroatoms. The summed E-state index contributed by atoms with van der Waals surface area (Å²) in [7, 11) is 0. The molecule has 0 bridgehead atoms. The van der Waals surface area contributed by atoms with Crippen LogP contribution in [-0.2, 0) is 0 Å². The van der Waals surface area contributed by atoms with Crippen LogP contribution in [0.25, 0.3) is 0 Å². The minimum absolute atomic E-state index is 0.0516. The van der Waals surface area contributed by atoms with Gasteiger partial charge in [0.2, 0.25) is 5.88 Å². The Morgan fingerprint density at radius 3 is 2.44 bits per heavy atom. The number of nitrogens with two attached hydrogens (primary N) is 1. The summed E-state index contributed by atoms with van der Waals surface area (Å²) in [6.45, 7) is 2.41. The number of nitrogens with zero attached hydrogens (tertiary/aromatic N) is 1. The molecule has 2 N–H and O–H groups in total. The van der Waals surface area contributed by atoms with Gasteiger partial charge in [-0.1, -0.05) is 18.2 Å². The van der Waals surface area contributed by atoms with Gasteiger partial charge in [-0.05, 0) is 55.0 Å². The fourth-order valence-corrected chi connectivity index (χ4v) is 3.52. The molecule has 6 nitrogen and oxygen atoms in total. The molecule has 32 heavy (non-hydrogen) atoms. The highest BCUT2D eigenvalue weighted by atomic mass is 19.1. The summed E-state index contributed by atoms with van der Waals surface area (Å²) in [5.41, 5.74) is 7.92. The van der Waals surface area contributed by atoms with Crippen molar-refractivity contribution in [3.05, 3.63) is 101 Å². The first kappa shape index (κ1) is 20.9. The number of halogens is 1. The van der Waals surface area contributed by atoms with Gasteiger partial charge < -0.3 is 19.9 Å². The van der Waals surface area contributed by atoms with Crippen molar-refractivity contribution in [1.29, 1.82) is 5.26 Å². The van der Waals surface area contributed by atoms with Gasteiger partial charge in [0.05, 0.1) is 18.1 Å². The Balaban J connectivity index is 1.62. The molecule has 160 valence electrons. The Morgan fingerprint density at radius 1 is 1.09 bits per heavy atom. The molecule has 0 radical (unpaired) electrons. The lowest BCUT2D eigenvalue weighted by atomic mass is 9.83. The van der Waals surface area contributed by atoms with Crippen molar-refractivity contribution in [2.45, 2.75) is 12.8 Å². The smallest absolute Gasteiger partial charge is 0.343 e. The molecule has 0 amide bonds. The third kappa shape index (κ3) is 4.12. The number of fused-ring (bicyclic) bond motifs is 1. The molecular formula is C25H19FN2O4. The first-order valence-corrected chi connectivity index (χ1v) is 9.92. The van der Waals surface area contributed by atoms with Crippen LogP contribution in [0.3, 0.4) is 0 Å². The lowest BCUT2D eigenvalue weighted by molar-refractivity contribution is 0.0734. The summed E-state index contributed by atoms with van der Waals surface area (Å²) in [5, 5.41) is 9.61. The molecule has 0 saturated carbocycles. The molecule has 1 unspecified atom stereocenters. The van der Waals surface area contributed by atoms with Gasteiger partial charge in [-0.15, -0.1) is 0 Å². The number of carbonyl (C=O) groups is 1. The number of carbonyl (C=O) groups excluding carboxylic acids is 1. The summed E-state index contributed by atoms with van der Waals surface area (Å²) < 4.78 is 29.9. The van der Waals surface area contributed by atoms with Crippen molar-refractivity contribution in [3.8, 4) is 23.3 Å². The van der Waals surface area contributed by atoms with E-state index in [4.69, 9.17) is 19.9 Å². The average Bonchev–Trinajstić information content (AvgIpc) is 2.79. The predicted molar refractivity (Wildman–Crippen MR) is 115 cm³/mol. The first-order chi connectivity index (χ1) is 15.5. The van der Waals surface area contributed by atoms with E-state index in [1.165, 1.54) is 12.1 Å².